The second-order valence-corrected chi connectivity index (χ2v) is 6.91. The van der Waals surface area contributed by atoms with Gasteiger partial charge in [-0.15, -0.1) is 0 Å². The van der Waals surface area contributed by atoms with E-state index in [1.165, 1.54) is 12.8 Å². The first-order valence-corrected chi connectivity index (χ1v) is 9.36. The molecule has 0 aromatic heterocycles. The van der Waals surface area contributed by atoms with Crippen molar-refractivity contribution in [3.05, 3.63) is 0 Å². The van der Waals surface area contributed by atoms with Crippen LogP contribution in [0.15, 0.2) is 4.99 Å². The van der Waals surface area contributed by atoms with Gasteiger partial charge in [0.05, 0.1) is 0 Å². The Bertz CT molecular complexity index is 368. The van der Waals surface area contributed by atoms with Crippen LogP contribution in [-0.4, -0.2) is 49.0 Å². The summed E-state index contributed by atoms with van der Waals surface area (Å²) in [5, 5.41) is 6.53. The Labute approximate surface area is 142 Å². The number of rotatable bonds is 8. The van der Waals surface area contributed by atoms with Crippen molar-refractivity contribution in [2.75, 3.05) is 26.2 Å². The van der Waals surface area contributed by atoms with Crippen molar-refractivity contribution in [3.63, 3.8) is 0 Å². The van der Waals surface area contributed by atoms with E-state index in [-0.39, 0.29) is 5.91 Å². The number of aliphatic imine (C=N–C) groups is 1. The molecule has 1 rings (SSSR count). The third-order valence-electron chi connectivity index (χ3n) is 4.31. The summed E-state index contributed by atoms with van der Waals surface area (Å²) in [5.41, 5.74) is 0. The van der Waals surface area contributed by atoms with Crippen LogP contribution in [0.5, 0.6) is 0 Å². The Morgan fingerprint density at radius 1 is 1.30 bits per heavy atom. The predicted octanol–water partition coefficient (Wildman–Crippen LogP) is 2.77. The summed E-state index contributed by atoms with van der Waals surface area (Å²) in [5.74, 6) is 1.82. The predicted molar refractivity (Wildman–Crippen MR) is 97.7 cm³/mol. The van der Waals surface area contributed by atoms with Gasteiger partial charge < -0.3 is 15.5 Å². The minimum absolute atomic E-state index is 0.264. The number of hydrogen-bond acceptors (Lipinski definition) is 2. The van der Waals surface area contributed by atoms with Gasteiger partial charge in [-0.25, -0.2) is 0 Å². The average Bonchev–Trinajstić information content (AvgIpc) is 2.51. The normalized spacial score (nSPS) is 19.1. The lowest BCUT2D eigenvalue weighted by Gasteiger charge is -2.33. The van der Waals surface area contributed by atoms with Gasteiger partial charge in [0.25, 0.3) is 0 Å². The van der Waals surface area contributed by atoms with Crippen molar-refractivity contribution >= 4 is 11.9 Å². The fourth-order valence-electron chi connectivity index (χ4n) is 2.93. The third-order valence-corrected chi connectivity index (χ3v) is 4.31. The smallest absolute Gasteiger partial charge is 0.224 e. The lowest BCUT2D eigenvalue weighted by atomic mass is 10.0. The fourth-order valence-corrected chi connectivity index (χ4v) is 2.93. The lowest BCUT2D eigenvalue weighted by molar-refractivity contribution is -0.134. The van der Waals surface area contributed by atoms with Gasteiger partial charge in [-0.1, -0.05) is 13.8 Å². The minimum atomic E-state index is 0.264. The quantitative estimate of drug-likeness (QED) is 0.410. The molecule has 134 valence electrons. The molecular weight excluding hydrogens is 288 g/mol. The van der Waals surface area contributed by atoms with Crippen LogP contribution >= 0.6 is 0 Å². The highest BCUT2D eigenvalue weighted by Gasteiger charge is 2.22. The van der Waals surface area contributed by atoms with Crippen molar-refractivity contribution in [2.24, 2.45) is 10.9 Å². The molecule has 1 heterocycles. The first-order chi connectivity index (χ1) is 11.0. The van der Waals surface area contributed by atoms with Gasteiger partial charge in [-0.2, -0.15) is 0 Å². The van der Waals surface area contributed by atoms with Crippen LogP contribution in [0.4, 0.5) is 0 Å². The molecular formula is C18H36N4O. The molecule has 0 aromatic carbocycles. The molecule has 0 aliphatic carbocycles. The Balaban J connectivity index is 2.30. The number of piperidine rings is 1. The van der Waals surface area contributed by atoms with Crippen LogP contribution in [0, 0.1) is 5.92 Å². The number of carbonyl (C=O) groups excluding carboxylic acids is 1. The Morgan fingerprint density at radius 2 is 2.09 bits per heavy atom. The van der Waals surface area contributed by atoms with Crippen molar-refractivity contribution in [3.8, 4) is 0 Å². The maximum absolute atomic E-state index is 12.3. The molecule has 5 nitrogen and oxygen atoms in total. The van der Waals surface area contributed by atoms with Crippen LogP contribution < -0.4 is 10.6 Å². The van der Waals surface area contributed by atoms with E-state index in [4.69, 9.17) is 0 Å². The zero-order valence-electron chi connectivity index (χ0n) is 15.5. The molecule has 0 saturated carbocycles. The summed E-state index contributed by atoms with van der Waals surface area (Å²) >= 11 is 0. The maximum Gasteiger partial charge on any atom is 0.224 e. The molecule has 0 spiro atoms. The number of likely N-dealkylation sites (tertiary alicyclic amines) is 1. The number of hydrogen-bond donors (Lipinski definition) is 2. The van der Waals surface area contributed by atoms with Crippen LogP contribution in [0.1, 0.15) is 66.2 Å². The molecule has 1 unspecified atom stereocenters. The van der Waals surface area contributed by atoms with E-state index in [1.807, 2.05) is 4.90 Å². The number of nitrogens with one attached hydrogen (secondary N) is 2. The van der Waals surface area contributed by atoms with E-state index in [1.54, 1.807) is 0 Å². The summed E-state index contributed by atoms with van der Waals surface area (Å²) in [6.45, 7) is 11.9. The molecule has 0 aromatic rings. The van der Waals surface area contributed by atoms with Gasteiger partial charge in [-0.05, 0) is 51.9 Å². The van der Waals surface area contributed by atoms with Gasteiger partial charge in [0.2, 0.25) is 5.91 Å². The van der Waals surface area contributed by atoms with Crippen LogP contribution in [-0.2, 0) is 4.79 Å². The molecule has 1 amide bonds. The average molecular weight is 325 g/mol. The van der Waals surface area contributed by atoms with Crippen molar-refractivity contribution in [1.29, 1.82) is 0 Å². The second kappa shape index (κ2) is 11.3. The Morgan fingerprint density at radius 3 is 2.74 bits per heavy atom. The molecule has 1 atom stereocenters. The largest absolute Gasteiger partial charge is 0.357 e. The molecule has 0 radical (unpaired) electrons. The highest BCUT2D eigenvalue weighted by atomic mass is 16.2. The SMILES string of the molecule is CCNC(=NCCCC(C)C)NCCC(=O)N1CCCCC1C. The van der Waals surface area contributed by atoms with Crippen molar-refractivity contribution in [2.45, 2.75) is 72.3 Å². The van der Waals surface area contributed by atoms with E-state index in [2.05, 4.69) is 43.3 Å². The molecule has 23 heavy (non-hydrogen) atoms. The van der Waals surface area contributed by atoms with Crippen LogP contribution in [0.25, 0.3) is 0 Å². The molecule has 1 fully saturated rings. The standard InChI is InChI=1S/C18H36N4O/c1-5-19-18(20-12-8-9-15(2)3)21-13-11-17(23)22-14-7-6-10-16(22)4/h15-16H,5-14H2,1-4H3,(H2,19,20,21). The summed E-state index contributed by atoms with van der Waals surface area (Å²) in [6.07, 6.45) is 6.38. The van der Waals surface area contributed by atoms with Crippen LogP contribution in [0.3, 0.4) is 0 Å². The highest BCUT2D eigenvalue weighted by molar-refractivity contribution is 5.81. The molecule has 2 N–H and O–H groups in total. The van der Waals surface area contributed by atoms with Gasteiger partial charge in [0, 0.05) is 38.6 Å². The molecule has 5 heteroatoms. The van der Waals surface area contributed by atoms with Gasteiger partial charge >= 0.3 is 0 Å². The summed E-state index contributed by atoms with van der Waals surface area (Å²) in [6, 6.07) is 0.397. The summed E-state index contributed by atoms with van der Waals surface area (Å²) in [7, 11) is 0. The van der Waals surface area contributed by atoms with E-state index in [0.717, 1.165) is 50.8 Å². The monoisotopic (exact) mass is 324 g/mol. The summed E-state index contributed by atoms with van der Waals surface area (Å²) in [4.78, 5) is 18.9. The van der Waals surface area contributed by atoms with E-state index >= 15 is 0 Å². The van der Waals surface area contributed by atoms with Crippen molar-refractivity contribution in [1.82, 2.24) is 15.5 Å². The van der Waals surface area contributed by atoms with Crippen molar-refractivity contribution < 1.29 is 4.79 Å². The maximum atomic E-state index is 12.3. The van der Waals surface area contributed by atoms with Gasteiger partial charge in [0.1, 0.15) is 0 Å². The molecule has 1 aliphatic rings. The number of carbonyl (C=O) groups is 1. The second-order valence-electron chi connectivity index (χ2n) is 6.91. The van der Waals surface area contributed by atoms with Gasteiger partial charge in [-0.3, -0.25) is 9.79 Å². The van der Waals surface area contributed by atoms with E-state index in [9.17, 15) is 4.79 Å². The first-order valence-electron chi connectivity index (χ1n) is 9.36. The number of amides is 1. The molecule has 1 saturated heterocycles. The van der Waals surface area contributed by atoms with E-state index in [0.29, 0.717) is 19.0 Å². The highest BCUT2D eigenvalue weighted by Crippen LogP contribution is 2.16. The Kier molecular flexibility index (Phi) is 9.72. The molecule has 1 aliphatic heterocycles. The minimum Gasteiger partial charge on any atom is -0.357 e. The zero-order chi connectivity index (χ0) is 17.1. The number of nitrogens with zero attached hydrogens (tertiary/aromatic N) is 2. The fraction of sp³-hybridized carbons (Fsp3) is 0.889. The summed E-state index contributed by atoms with van der Waals surface area (Å²) < 4.78 is 0. The number of guanidine groups is 1. The lowest BCUT2D eigenvalue weighted by Crippen LogP contribution is -2.44. The van der Waals surface area contributed by atoms with Gasteiger partial charge in [0.15, 0.2) is 5.96 Å². The van der Waals surface area contributed by atoms with E-state index < -0.39 is 0 Å². The third kappa shape index (κ3) is 8.24. The molecule has 0 bridgehead atoms. The Hall–Kier alpha value is -1.26. The zero-order valence-corrected chi connectivity index (χ0v) is 15.5. The van der Waals surface area contributed by atoms with Crippen LogP contribution in [0.2, 0.25) is 0 Å². The topological polar surface area (TPSA) is 56.7 Å². The first kappa shape index (κ1) is 19.8.